The summed E-state index contributed by atoms with van der Waals surface area (Å²) in [6.45, 7) is 4.47. The van der Waals surface area contributed by atoms with Crippen molar-refractivity contribution in [3.63, 3.8) is 0 Å². The van der Waals surface area contributed by atoms with Crippen LogP contribution in [0.15, 0.2) is 24.3 Å². The van der Waals surface area contributed by atoms with E-state index in [9.17, 15) is 4.79 Å². The summed E-state index contributed by atoms with van der Waals surface area (Å²) in [5.41, 5.74) is 1.79. The number of aliphatic hydroxyl groups is 1. The first-order valence-corrected chi connectivity index (χ1v) is 7.01. The first-order chi connectivity index (χ1) is 10.1. The Labute approximate surface area is 125 Å². The minimum atomic E-state index is -0.990. The summed E-state index contributed by atoms with van der Waals surface area (Å²) in [4.78, 5) is 12.8. The molecule has 0 aliphatic heterocycles. The molecule has 1 aromatic carbocycles. The van der Waals surface area contributed by atoms with E-state index in [1.54, 1.807) is 7.11 Å². The van der Waals surface area contributed by atoms with E-state index < -0.39 is 5.97 Å². The zero-order chi connectivity index (χ0) is 15.7. The van der Waals surface area contributed by atoms with Crippen LogP contribution in [-0.4, -0.2) is 47.9 Å². The van der Waals surface area contributed by atoms with Gasteiger partial charge in [0.15, 0.2) is 0 Å². The Bertz CT molecular complexity index is 479. The van der Waals surface area contributed by atoms with E-state index in [2.05, 4.69) is 11.8 Å². The fourth-order valence-corrected chi connectivity index (χ4v) is 2.16. The van der Waals surface area contributed by atoms with Crippen molar-refractivity contribution in [2.24, 2.45) is 0 Å². The molecule has 1 rings (SSSR count). The third kappa shape index (κ3) is 5.97. The molecular weight excluding hydrogens is 270 g/mol. The molecule has 2 N–H and O–H groups in total. The van der Waals surface area contributed by atoms with Crippen LogP contribution in [0.2, 0.25) is 0 Å². The van der Waals surface area contributed by atoms with Crippen LogP contribution in [0.1, 0.15) is 24.5 Å². The smallest absolute Gasteiger partial charge is 0.328 e. The van der Waals surface area contributed by atoms with Gasteiger partial charge in [0.25, 0.3) is 0 Å². The molecule has 116 valence electrons. The number of carboxylic acid groups (broad SMARTS) is 1. The number of carboxylic acids is 1. The molecule has 0 atom stereocenters. The van der Waals surface area contributed by atoms with E-state index in [-0.39, 0.29) is 6.61 Å². The molecule has 5 heteroatoms. The molecule has 0 amide bonds. The molecule has 21 heavy (non-hydrogen) atoms. The van der Waals surface area contributed by atoms with E-state index >= 15 is 0 Å². The van der Waals surface area contributed by atoms with Crippen LogP contribution in [0.25, 0.3) is 6.08 Å². The van der Waals surface area contributed by atoms with Crippen LogP contribution in [0.5, 0.6) is 5.75 Å². The molecule has 0 aliphatic carbocycles. The summed E-state index contributed by atoms with van der Waals surface area (Å²) in [6.07, 6.45) is 3.64. The quantitative estimate of drug-likeness (QED) is 0.681. The number of methoxy groups -OCH3 is 1. The highest BCUT2D eigenvalue weighted by Gasteiger charge is 2.07. The number of aliphatic carboxylic acids is 1. The van der Waals surface area contributed by atoms with Gasteiger partial charge in [0.05, 0.1) is 13.7 Å². The zero-order valence-corrected chi connectivity index (χ0v) is 12.6. The second kappa shape index (κ2) is 9.15. The summed E-state index contributed by atoms with van der Waals surface area (Å²) in [6, 6.07) is 5.70. The average molecular weight is 293 g/mol. The lowest BCUT2D eigenvalue weighted by Crippen LogP contribution is -2.27. The van der Waals surface area contributed by atoms with Gasteiger partial charge in [-0.15, -0.1) is 0 Å². The lowest BCUT2D eigenvalue weighted by molar-refractivity contribution is -0.131. The third-order valence-corrected chi connectivity index (χ3v) is 3.06. The largest absolute Gasteiger partial charge is 0.496 e. The van der Waals surface area contributed by atoms with Crippen LogP contribution in [0.4, 0.5) is 0 Å². The highest BCUT2D eigenvalue weighted by atomic mass is 16.5. The number of aliphatic hydroxyl groups excluding tert-OH is 1. The molecule has 0 spiro atoms. The number of nitrogens with zero attached hydrogens (tertiary/aromatic N) is 1. The fourth-order valence-electron chi connectivity index (χ4n) is 2.16. The Balaban J connectivity index is 2.92. The maximum atomic E-state index is 10.6. The van der Waals surface area contributed by atoms with Gasteiger partial charge in [0, 0.05) is 24.7 Å². The van der Waals surface area contributed by atoms with Gasteiger partial charge in [0.2, 0.25) is 0 Å². The number of carbonyl (C=O) groups is 1. The van der Waals surface area contributed by atoms with Gasteiger partial charge in [-0.2, -0.15) is 0 Å². The van der Waals surface area contributed by atoms with Crippen molar-refractivity contribution >= 4 is 12.0 Å². The summed E-state index contributed by atoms with van der Waals surface area (Å²) in [7, 11) is 1.56. The predicted octanol–water partition coefficient (Wildman–Crippen LogP) is 2.00. The lowest BCUT2D eigenvalue weighted by atomic mass is 10.1. The minimum absolute atomic E-state index is 0.127. The molecule has 0 bridgehead atoms. The van der Waals surface area contributed by atoms with Gasteiger partial charge in [-0.05, 0) is 36.7 Å². The minimum Gasteiger partial charge on any atom is -0.496 e. The third-order valence-electron chi connectivity index (χ3n) is 3.06. The van der Waals surface area contributed by atoms with Crippen molar-refractivity contribution in [1.82, 2.24) is 4.90 Å². The number of rotatable bonds is 9. The van der Waals surface area contributed by atoms with E-state index in [0.29, 0.717) is 18.8 Å². The lowest BCUT2D eigenvalue weighted by Gasteiger charge is -2.21. The van der Waals surface area contributed by atoms with Crippen LogP contribution in [-0.2, 0) is 11.3 Å². The molecule has 0 aromatic heterocycles. The molecule has 1 aromatic rings. The molecule has 5 nitrogen and oxygen atoms in total. The van der Waals surface area contributed by atoms with Crippen molar-refractivity contribution in [3.05, 3.63) is 35.4 Å². The summed E-state index contributed by atoms with van der Waals surface area (Å²) in [5, 5.41) is 17.8. The second-order valence-corrected chi connectivity index (χ2v) is 4.75. The first-order valence-electron chi connectivity index (χ1n) is 7.01. The zero-order valence-electron chi connectivity index (χ0n) is 12.6. The SMILES string of the molecule is CCCN(CCO)Cc1ccc(OC)c(C=CC(=O)O)c1. The molecule has 0 fully saturated rings. The van der Waals surface area contributed by atoms with Crippen LogP contribution >= 0.6 is 0 Å². The van der Waals surface area contributed by atoms with E-state index in [1.807, 2.05) is 18.2 Å². The number of ether oxygens (including phenoxy) is 1. The van der Waals surface area contributed by atoms with Gasteiger partial charge in [-0.1, -0.05) is 13.0 Å². The Morgan fingerprint density at radius 2 is 2.14 bits per heavy atom. The fraction of sp³-hybridized carbons (Fsp3) is 0.438. The van der Waals surface area contributed by atoms with Crippen molar-refractivity contribution in [3.8, 4) is 5.75 Å². The van der Waals surface area contributed by atoms with Crippen molar-refractivity contribution < 1.29 is 19.7 Å². The topological polar surface area (TPSA) is 70.0 Å². The van der Waals surface area contributed by atoms with E-state index in [4.69, 9.17) is 14.9 Å². The van der Waals surface area contributed by atoms with Crippen LogP contribution < -0.4 is 4.74 Å². The maximum absolute atomic E-state index is 10.6. The van der Waals surface area contributed by atoms with Crippen molar-refractivity contribution in [1.29, 1.82) is 0 Å². The Hall–Kier alpha value is -1.85. The van der Waals surface area contributed by atoms with Crippen LogP contribution in [0.3, 0.4) is 0 Å². The summed E-state index contributed by atoms with van der Waals surface area (Å²) >= 11 is 0. The van der Waals surface area contributed by atoms with Crippen molar-refractivity contribution in [2.75, 3.05) is 26.8 Å². The standard InChI is InChI=1S/C16H23NO4/c1-3-8-17(9-10-18)12-13-4-6-15(21-2)14(11-13)5-7-16(19)20/h4-7,11,18H,3,8-10,12H2,1-2H3,(H,19,20). The normalized spacial score (nSPS) is 11.2. The molecule has 0 unspecified atom stereocenters. The summed E-state index contributed by atoms with van der Waals surface area (Å²) in [5.74, 6) is -0.351. The van der Waals surface area contributed by atoms with Gasteiger partial charge >= 0.3 is 5.97 Å². The molecule has 0 aliphatic rings. The second-order valence-electron chi connectivity index (χ2n) is 4.75. The van der Waals surface area contributed by atoms with Gasteiger partial charge in [-0.3, -0.25) is 4.90 Å². The number of benzene rings is 1. The number of hydrogen-bond acceptors (Lipinski definition) is 4. The summed E-state index contributed by atoms with van der Waals surface area (Å²) < 4.78 is 5.23. The highest BCUT2D eigenvalue weighted by Crippen LogP contribution is 2.22. The molecule has 0 saturated carbocycles. The Morgan fingerprint density at radius 1 is 1.38 bits per heavy atom. The van der Waals surface area contributed by atoms with E-state index in [1.165, 1.54) is 6.08 Å². The van der Waals surface area contributed by atoms with Crippen molar-refractivity contribution in [2.45, 2.75) is 19.9 Å². The number of hydrogen-bond donors (Lipinski definition) is 2. The molecule has 0 saturated heterocycles. The average Bonchev–Trinajstić information content (AvgIpc) is 2.46. The van der Waals surface area contributed by atoms with Crippen LogP contribution in [0, 0.1) is 0 Å². The maximum Gasteiger partial charge on any atom is 0.328 e. The molecular formula is C16H23NO4. The van der Waals surface area contributed by atoms with E-state index in [0.717, 1.165) is 30.2 Å². The highest BCUT2D eigenvalue weighted by molar-refractivity contribution is 5.85. The molecule has 0 radical (unpaired) electrons. The first kappa shape index (κ1) is 17.2. The Kier molecular flexibility index (Phi) is 7.50. The monoisotopic (exact) mass is 293 g/mol. The Morgan fingerprint density at radius 3 is 2.71 bits per heavy atom. The predicted molar refractivity (Wildman–Crippen MR) is 82.3 cm³/mol. The molecule has 0 heterocycles. The van der Waals surface area contributed by atoms with Gasteiger partial charge in [-0.25, -0.2) is 4.79 Å². The van der Waals surface area contributed by atoms with Gasteiger partial charge in [0.1, 0.15) is 5.75 Å². The van der Waals surface area contributed by atoms with Gasteiger partial charge < -0.3 is 14.9 Å².